The fourth-order valence-electron chi connectivity index (χ4n) is 2.86. The summed E-state index contributed by atoms with van der Waals surface area (Å²) in [6.07, 6.45) is -2.42. The number of likely N-dealkylation sites (tertiary alicyclic amines) is 1. The van der Waals surface area contributed by atoms with Gasteiger partial charge >= 0.3 is 6.18 Å². The number of benzene rings is 1. The van der Waals surface area contributed by atoms with Gasteiger partial charge in [0.2, 0.25) is 0 Å². The zero-order valence-corrected chi connectivity index (χ0v) is 12.4. The van der Waals surface area contributed by atoms with Crippen molar-refractivity contribution in [2.24, 2.45) is 0 Å². The van der Waals surface area contributed by atoms with Gasteiger partial charge in [-0.3, -0.25) is 4.79 Å². The molecule has 3 rings (SSSR count). The predicted octanol–water partition coefficient (Wildman–Crippen LogP) is 2.44. The van der Waals surface area contributed by atoms with Gasteiger partial charge in [-0.1, -0.05) is 12.1 Å². The van der Waals surface area contributed by atoms with Crippen LogP contribution in [0.15, 0.2) is 42.7 Å². The van der Waals surface area contributed by atoms with E-state index in [1.165, 1.54) is 35.5 Å². The molecule has 8 heteroatoms. The molecule has 2 atom stereocenters. The molecule has 2 heterocycles. The minimum Gasteiger partial charge on any atom is -0.391 e. The largest absolute Gasteiger partial charge is 0.416 e. The minimum absolute atomic E-state index is 0.0576. The minimum atomic E-state index is -4.46. The summed E-state index contributed by atoms with van der Waals surface area (Å²) in [5, 5.41) is 17.1. The van der Waals surface area contributed by atoms with Crippen LogP contribution in [0, 0.1) is 0 Å². The fourth-order valence-corrected chi connectivity index (χ4v) is 2.86. The van der Waals surface area contributed by atoms with E-state index in [4.69, 9.17) is 0 Å². The number of halogens is 3. The lowest BCUT2D eigenvalue weighted by Gasteiger charge is -2.25. The lowest BCUT2D eigenvalue weighted by molar-refractivity contribution is -0.137. The molecular weight excluding hydrogens is 323 g/mol. The van der Waals surface area contributed by atoms with Crippen molar-refractivity contribution in [3.8, 4) is 0 Å². The molecule has 1 amide bonds. The molecule has 1 N–H and O–H groups in total. The van der Waals surface area contributed by atoms with Gasteiger partial charge in [-0.05, 0) is 30.2 Å². The highest BCUT2D eigenvalue weighted by molar-refractivity contribution is 5.94. The maximum Gasteiger partial charge on any atom is 0.416 e. The number of carbonyl (C=O) groups is 1. The molecule has 1 aromatic heterocycles. The second kappa shape index (κ2) is 6.20. The van der Waals surface area contributed by atoms with Crippen LogP contribution in [0.3, 0.4) is 0 Å². The van der Waals surface area contributed by atoms with Crippen molar-refractivity contribution in [2.45, 2.75) is 24.7 Å². The Morgan fingerprint density at radius 2 is 2.04 bits per heavy atom. The van der Waals surface area contributed by atoms with Crippen LogP contribution in [0.5, 0.6) is 0 Å². The number of alkyl halides is 3. The molecule has 5 nitrogen and oxygen atoms in total. The van der Waals surface area contributed by atoms with Gasteiger partial charge < -0.3 is 10.0 Å². The molecule has 0 unspecified atom stereocenters. The SMILES string of the molecule is O=C(c1ccnnc1)N1C[C@@H](O)C[C@H]1c1cccc(C(F)(F)F)c1. The molecule has 126 valence electrons. The van der Waals surface area contributed by atoms with Crippen LogP contribution in [-0.2, 0) is 6.18 Å². The maximum absolute atomic E-state index is 12.9. The smallest absolute Gasteiger partial charge is 0.391 e. The second-order valence-corrected chi connectivity index (χ2v) is 5.62. The van der Waals surface area contributed by atoms with E-state index in [0.717, 1.165) is 12.1 Å². The summed E-state index contributed by atoms with van der Waals surface area (Å²) in [5.41, 5.74) is -0.160. The van der Waals surface area contributed by atoms with Gasteiger partial charge in [-0.25, -0.2) is 0 Å². The van der Waals surface area contributed by atoms with Crippen LogP contribution < -0.4 is 0 Å². The summed E-state index contributed by atoms with van der Waals surface area (Å²) in [4.78, 5) is 14.0. The van der Waals surface area contributed by atoms with Crippen molar-refractivity contribution in [2.75, 3.05) is 6.54 Å². The highest BCUT2D eigenvalue weighted by Crippen LogP contribution is 2.36. The van der Waals surface area contributed by atoms with Crippen molar-refractivity contribution in [1.29, 1.82) is 0 Å². The van der Waals surface area contributed by atoms with Crippen LogP contribution in [-0.4, -0.2) is 38.8 Å². The van der Waals surface area contributed by atoms with E-state index < -0.39 is 29.8 Å². The Morgan fingerprint density at radius 1 is 1.25 bits per heavy atom. The number of hydrogen-bond donors (Lipinski definition) is 1. The summed E-state index contributed by atoms with van der Waals surface area (Å²) in [5.74, 6) is -0.399. The van der Waals surface area contributed by atoms with Gasteiger partial charge in [0.25, 0.3) is 5.91 Å². The van der Waals surface area contributed by atoms with Crippen molar-refractivity contribution in [1.82, 2.24) is 15.1 Å². The standard InChI is InChI=1S/C16H14F3N3O2/c17-16(18,19)12-3-1-2-10(6-12)14-7-13(23)9-22(14)15(24)11-4-5-20-21-8-11/h1-6,8,13-14,23H,7,9H2/t13-,14-/m0/s1. The fraction of sp³-hybridized carbons (Fsp3) is 0.312. The number of carbonyl (C=O) groups excluding carboxylic acids is 1. The highest BCUT2D eigenvalue weighted by atomic mass is 19.4. The third kappa shape index (κ3) is 3.23. The second-order valence-electron chi connectivity index (χ2n) is 5.62. The van der Waals surface area contributed by atoms with Gasteiger partial charge in [0, 0.05) is 6.54 Å². The number of β-amino-alcohol motifs (C(OH)–C–C–N with tert-alkyl or cyclic N) is 1. The molecule has 0 aliphatic carbocycles. The number of aliphatic hydroxyl groups is 1. The molecule has 1 aromatic carbocycles. The topological polar surface area (TPSA) is 66.3 Å². The Bertz CT molecular complexity index is 737. The molecule has 2 aromatic rings. The average molecular weight is 337 g/mol. The van der Waals surface area contributed by atoms with Crippen LogP contribution in [0.4, 0.5) is 13.2 Å². The van der Waals surface area contributed by atoms with E-state index in [2.05, 4.69) is 10.2 Å². The van der Waals surface area contributed by atoms with Crippen molar-refractivity contribution >= 4 is 5.91 Å². The average Bonchev–Trinajstić information content (AvgIpc) is 2.96. The quantitative estimate of drug-likeness (QED) is 0.914. The first-order valence-corrected chi connectivity index (χ1v) is 7.29. The van der Waals surface area contributed by atoms with Gasteiger partial charge in [0.15, 0.2) is 0 Å². The van der Waals surface area contributed by atoms with Gasteiger partial charge in [-0.2, -0.15) is 23.4 Å². The van der Waals surface area contributed by atoms with Crippen LogP contribution in [0.25, 0.3) is 0 Å². The normalized spacial score (nSPS) is 21.1. The summed E-state index contributed by atoms with van der Waals surface area (Å²) < 4.78 is 38.7. The van der Waals surface area contributed by atoms with Crippen LogP contribution in [0.2, 0.25) is 0 Å². The number of aliphatic hydroxyl groups excluding tert-OH is 1. The number of aromatic nitrogens is 2. The number of nitrogens with zero attached hydrogens (tertiary/aromatic N) is 3. The third-order valence-electron chi connectivity index (χ3n) is 3.97. The first-order chi connectivity index (χ1) is 11.4. The highest BCUT2D eigenvalue weighted by Gasteiger charge is 2.37. The molecular formula is C16H14F3N3O2. The third-order valence-corrected chi connectivity index (χ3v) is 3.97. The summed E-state index contributed by atoms with van der Waals surface area (Å²) in [6.45, 7) is 0.0576. The van der Waals surface area contributed by atoms with Gasteiger partial charge in [0.1, 0.15) is 0 Å². The van der Waals surface area contributed by atoms with Crippen molar-refractivity contribution in [3.63, 3.8) is 0 Å². The lowest BCUT2D eigenvalue weighted by Crippen LogP contribution is -2.32. The van der Waals surface area contributed by atoms with E-state index in [1.807, 2.05) is 0 Å². The Balaban J connectivity index is 1.93. The first-order valence-electron chi connectivity index (χ1n) is 7.29. The number of hydrogen-bond acceptors (Lipinski definition) is 4. The van der Waals surface area contributed by atoms with Gasteiger partial charge in [0.05, 0.1) is 35.7 Å². The summed E-state index contributed by atoms with van der Waals surface area (Å²) >= 11 is 0. The van der Waals surface area contributed by atoms with Crippen molar-refractivity contribution < 1.29 is 23.1 Å². The zero-order valence-electron chi connectivity index (χ0n) is 12.4. The van der Waals surface area contributed by atoms with Crippen LogP contribution >= 0.6 is 0 Å². The number of amides is 1. The molecule has 0 spiro atoms. The molecule has 0 radical (unpaired) electrons. The Kier molecular flexibility index (Phi) is 4.23. The molecule has 1 aliphatic rings. The lowest BCUT2D eigenvalue weighted by atomic mass is 10.0. The van der Waals surface area contributed by atoms with Crippen molar-refractivity contribution in [3.05, 3.63) is 59.4 Å². The van der Waals surface area contributed by atoms with E-state index in [0.29, 0.717) is 5.56 Å². The molecule has 1 aliphatic heterocycles. The van der Waals surface area contributed by atoms with Crippen LogP contribution in [0.1, 0.15) is 33.9 Å². The van der Waals surface area contributed by atoms with E-state index in [1.54, 1.807) is 0 Å². The maximum atomic E-state index is 12.9. The molecule has 24 heavy (non-hydrogen) atoms. The van der Waals surface area contributed by atoms with E-state index in [-0.39, 0.29) is 18.5 Å². The Labute approximate surface area is 135 Å². The van der Waals surface area contributed by atoms with E-state index in [9.17, 15) is 23.1 Å². The molecule has 0 saturated carbocycles. The first kappa shape index (κ1) is 16.4. The predicted molar refractivity (Wildman–Crippen MR) is 77.9 cm³/mol. The Morgan fingerprint density at radius 3 is 2.71 bits per heavy atom. The summed E-state index contributed by atoms with van der Waals surface area (Å²) in [7, 11) is 0. The van der Waals surface area contributed by atoms with E-state index >= 15 is 0 Å². The molecule has 1 fully saturated rings. The molecule has 1 saturated heterocycles. The summed E-state index contributed by atoms with van der Waals surface area (Å²) in [6, 6.07) is 5.69. The monoisotopic (exact) mass is 337 g/mol. The van der Waals surface area contributed by atoms with Gasteiger partial charge in [-0.15, -0.1) is 0 Å². The zero-order chi connectivity index (χ0) is 17.3. The Hall–Kier alpha value is -2.48. The molecule has 0 bridgehead atoms. The number of rotatable bonds is 2.